The molecule has 2 aromatic carbocycles. The maximum Gasteiger partial charge on any atom is 0.313 e. The van der Waals surface area contributed by atoms with Gasteiger partial charge in [-0.2, -0.15) is 0 Å². The van der Waals surface area contributed by atoms with E-state index in [0.717, 1.165) is 16.3 Å². The van der Waals surface area contributed by atoms with Crippen molar-refractivity contribution in [3.63, 3.8) is 0 Å². The molecule has 6 N–H and O–H groups in total. The molecule has 13 nitrogen and oxygen atoms in total. The maximum atomic E-state index is 12.7. The number of amides is 2. The van der Waals surface area contributed by atoms with E-state index in [2.05, 4.69) is 78.4 Å². The van der Waals surface area contributed by atoms with Crippen LogP contribution in [0.4, 0.5) is 22.7 Å². The van der Waals surface area contributed by atoms with Crippen molar-refractivity contribution in [3.05, 3.63) is 32.5 Å². The number of hydrogen-bond acceptors (Lipinski definition) is 11. The molecule has 45 heavy (non-hydrogen) atoms. The average Bonchev–Trinajstić information content (AvgIpc) is 2.97. The van der Waals surface area contributed by atoms with E-state index >= 15 is 0 Å². The van der Waals surface area contributed by atoms with Crippen LogP contribution in [0.25, 0.3) is 0 Å². The normalized spacial score (nSPS) is 10.6. The van der Waals surface area contributed by atoms with Gasteiger partial charge in [0.2, 0.25) is 0 Å². The standard InChI is InChI=1S/C26H24I6N4O9/c1-9(37)43-7-13(39)35-25-19(29)12(20(30)26(22(25)32)36-14(40)8-44-10(2)38)4-6-16(42)45-15(41)5-3-11-17(27)23(33)21(31)24(34)18(11)28/h3-8,33-34H2,1-2H3,(H,35,39)(H,36,40). The second kappa shape index (κ2) is 18.8. The Labute approximate surface area is 339 Å². The van der Waals surface area contributed by atoms with Crippen LogP contribution in [0.2, 0.25) is 0 Å². The summed E-state index contributed by atoms with van der Waals surface area (Å²) in [7, 11) is 0. The largest absolute Gasteiger partial charge is 0.456 e. The van der Waals surface area contributed by atoms with Gasteiger partial charge in [0.1, 0.15) is 0 Å². The zero-order chi connectivity index (χ0) is 34.2. The zero-order valence-electron chi connectivity index (χ0n) is 23.3. The summed E-state index contributed by atoms with van der Waals surface area (Å²) in [5, 5.41) is 5.35. The van der Waals surface area contributed by atoms with E-state index in [9.17, 15) is 28.8 Å². The molecule has 0 unspecified atom stereocenters. The molecule has 0 aliphatic rings. The van der Waals surface area contributed by atoms with Crippen LogP contribution in [0.3, 0.4) is 0 Å². The van der Waals surface area contributed by atoms with Gasteiger partial charge in [-0.15, -0.1) is 0 Å². The lowest BCUT2D eigenvalue weighted by atomic mass is 10.1. The quantitative estimate of drug-likeness (QED) is 0.0722. The van der Waals surface area contributed by atoms with Crippen molar-refractivity contribution in [1.82, 2.24) is 0 Å². The van der Waals surface area contributed by atoms with Crippen LogP contribution in [-0.2, 0) is 55.8 Å². The molecule has 2 amide bonds. The Morgan fingerprint density at radius 3 is 1.29 bits per heavy atom. The Hall–Kier alpha value is -0.560. The van der Waals surface area contributed by atoms with Gasteiger partial charge in [-0.05, 0) is 160 Å². The van der Waals surface area contributed by atoms with Crippen LogP contribution >= 0.6 is 136 Å². The predicted octanol–water partition coefficient (Wildman–Crippen LogP) is 5.12. The van der Waals surface area contributed by atoms with Gasteiger partial charge in [-0.25, -0.2) is 0 Å². The van der Waals surface area contributed by atoms with Crippen LogP contribution in [0.5, 0.6) is 0 Å². The molecule has 0 fully saturated rings. The van der Waals surface area contributed by atoms with Crippen molar-refractivity contribution in [3.8, 4) is 0 Å². The number of rotatable bonds is 12. The fraction of sp³-hybridized carbons (Fsp3) is 0.308. The Balaban J connectivity index is 2.25. The van der Waals surface area contributed by atoms with Crippen LogP contribution in [-0.4, -0.2) is 48.9 Å². The molecular formula is C26H24I6N4O9. The first-order valence-corrected chi connectivity index (χ1v) is 18.9. The highest BCUT2D eigenvalue weighted by Crippen LogP contribution is 2.40. The SMILES string of the molecule is CC(=O)OCC(=O)Nc1c(I)c(CCC(=O)OC(=O)CCc2c(I)c(N)c(I)c(N)c2I)c(I)c(NC(=O)COC(C)=O)c1I. The number of nitrogen functional groups attached to an aromatic ring is 2. The lowest BCUT2D eigenvalue weighted by molar-refractivity contribution is -0.159. The highest BCUT2D eigenvalue weighted by atomic mass is 127. The molecule has 0 saturated carbocycles. The molecule has 0 atom stereocenters. The number of carbonyl (C=O) groups is 6. The second-order valence-corrected chi connectivity index (χ2v) is 15.4. The molecule has 0 saturated heterocycles. The topological polar surface area (TPSA) is 206 Å². The van der Waals surface area contributed by atoms with Crippen molar-refractivity contribution in [2.75, 3.05) is 35.3 Å². The van der Waals surface area contributed by atoms with E-state index in [-0.39, 0.29) is 25.7 Å². The molecule has 19 heteroatoms. The minimum Gasteiger partial charge on any atom is -0.456 e. The molecular weight excluding hydrogens is 1270 g/mol. The number of halogens is 6. The van der Waals surface area contributed by atoms with Crippen molar-refractivity contribution in [1.29, 1.82) is 0 Å². The molecule has 2 aromatic rings. The van der Waals surface area contributed by atoms with Gasteiger partial charge in [0.05, 0.1) is 42.7 Å². The number of nitrogens with two attached hydrogens (primary N) is 2. The van der Waals surface area contributed by atoms with Gasteiger partial charge in [0.15, 0.2) is 13.2 Å². The smallest absolute Gasteiger partial charge is 0.313 e. The first-order chi connectivity index (χ1) is 21.0. The fourth-order valence-electron chi connectivity index (χ4n) is 3.50. The monoisotopic (exact) mass is 1300 g/mol. The predicted molar refractivity (Wildman–Crippen MR) is 216 cm³/mol. The van der Waals surface area contributed by atoms with Crippen LogP contribution in [0.1, 0.15) is 37.8 Å². The highest BCUT2D eigenvalue weighted by Gasteiger charge is 2.25. The summed E-state index contributed by atoms with van der Waals surface area (Å²) in [5.41, 5.74) is 15.3. The molecule has 0 aliphatic carbocycles. The molecule has 0 aromatic heterocycles. The molecule has 0 spiro atoms. The summed E-state index contributed by atoms with van der Waals surface area (Å²) in [5.74, 6) is -4.02. The molecule has 0 heterocycles. The molecule has 0 aliphatic heterocycles. The van der Waals surface area contributed by atoms with Crippen molar-refractivity contribution in [2.45, 2.75) is 39.5 Å². The number of carbonyl (C=O) groups excluding carboxylic acids is 6. The number of hydrogen-bond donors (Lipinski definition) is 4. The van der Waals surface area contributed by atoms with Crippen LogP contribution < -0.4 is 22.1 Å². The summed E-state index contributed by atoms with van der Waals surface area (Å²) in [6.45, 7) is 1.26. The summed E-state index contributed by atoms with van der Waals surface area (Å²) in [6, 6.07) is 0. The minimum atomic E-state index is -0.767. The maximum absolute atomic E-state index is 12.7. The Kier molecular flexibility index (Phi) is 17.0. The van der Waals surface area contributed by atoms with Crippen LogP contribution in [0.15, 0.2) is 0 Å². The first kappa shape index (κ1) is 40.6. The highest BCUT2D eigenvalue weighted by molar-refractivity contribution is 14.1. The molecule has 2 rings (SSSR count). The summed E-state index contributed by atoms with van der Waals surface area (Å²) in [6.07, 6.45) is 0.0816. The van der Waals surface area contributed by atoms with Crippen LogP contribution in [0, 0.1) is 21.4 Å². The number of benzene rings is 2. The Bertz CT molecular complexity index is 1480. The molecule has 244 valence electrons. The summed E-state index contributed by atoms with van der Waals surface area (Å²) >= 11 is 12.2. The third-order valence-corrected chi connectivity index (χ3v) is 12.7. The lowest BCUT2D eigenvalue weighted by Crippen LogP contribution is -2.24. The summed E-state index contributed by atoms with van der Waals surface area (Å²) in [4.78, 5) is 72.6. The van der Waals surface area contributed by atoms with Crippen molar-refractivity contribution >= 4 is 194 Å². The summed E-state index contributed by atoms with van der Waals surface area (Å²) < 4.78 is 18.5. The first-order valence-electron chi connectivity index (χ1n) is 12.5. The van der Waals surface area contributed by atoms with Gasteiger partial charge in [-0.1, -0.05) is 0 Å². The van der Waals surface area contributed by atoms with E-state index in [1.165, 1.54) is 13.8 Å². The fourth-order valence-corrected chi connectivity index (χ4v) is 11.5. The number of anilines is 4. The minimum absolute atomic E-state index is 0.0765. The second-order valence-electron chi connectivity index (χ2n) is 8.92. The third-order valence-electron chi connectivity index (χ3n) is 5.61. The van der Waals surface area contributed by atoms with E-state index in [4.69, 9.17) is 25.7 Å². The van der Waals surface area contributed by atoms with Gasteiger partial charge >= 0.3 is 23.9 Å². The van der Waals surface area contributed by atoms with Crippen molar-refractivity contribution < 1.29 is 43.0 Å². The average molecular weight is 1300 g/mol. The number of ether oxygens (including phenoxy) is 3. The van der Waals surface area contributed by atoms with E-state index in [0.29, 0.717) is 39.0 Å². The van der Waals surface area contributed by atoms with E-state index < -0.39 is 48.9 Å². The van der Waals surface area contributed by atoms with E-state index in [1.807, 2.05) is 67.8 Å². The zero-order valence-corrected chi connectivity index (χ0v) is 36.3. The Morgan fingerprint density at radius 1 is 0.578 bits per heavy atom. The van der Waals surface area contributed by atoms with Gasteiger partial charge in [0.25, 0.3) is 11.8 Å². The van der Waals surface area contributed by atoms with Crippen molar-refractivity contribution in [2.24, 2.45) is 0 Å². The molecule has 0 bridgehead atoms. The number of esters is 4. The van der Waals surface area contributed by atoms with Gasteiger partial charge in [-0.3, -0.25) is 28.8 Å². The van der Waals surface area contributed by atoms with E-state index in [1.54, 1.807) is 0 Å². The number of nitrogens with one attached hydrogen (secondary N) is 2. The van der Waals surface area contributed by atoms with Gasteiger partial charge in [0, 0.05) is 28.1 Å². The third kappa shape index (κ3) is 11.8. The molecule has 0 radical (unpaired) electrons. The lowest BCUT2D eigenvalue weighted by Gasteiger charge is -2.20. The Morgan fingerprint density at radius 2 is 0.933 bits per heavy atom. The van der Waals surface area contributed by atoms with Gasteiger partial charge < -0.3 is 36.3 Å².